The number of aliphatic hydroxyl groups is 1. The molecule has 0 atom stereocenters. The molecule has 0 aliphatic rings. The molecule has 0 amide bonds. The normalized spacial score (nSPS) is 12.8. The van der Waals surface area contributed by atoms with Crippen LogP contribution in [0.15, 0.2) is 23.1 Å². The van der Waals surface area contributed by atoms with Gasteiger partial charge < -0.3 is 5.11 Å². The first-order valence-electron chi connectivity index (χ1n) is 5.15. The van der Waals surface area contributed by atoms with Crippen molar-refractivity contribution in [2.24, 2.45) is 0 Å². The van der Waals surface area contributed by atoms with Crippen molar-refractivity contribution in [2.45, 2.75) is 37.3 Å². The van der Waals surface area contributed by atoms with Crippen LogP contribution in [0.5, 0.6) is 0 Å². The lowest BCUT2D eigenvalue weighted by Crippen LogP contribution is -2.36. The van der Waals surface area contributed by atoms with Crippen molar-refractivity contribution in [2.75, 3.05) is 6.61 Å². The van der Waals surface area contributed by atoms with E-state index in [1.807, 2.05) is 13.0 Å². The highest BCUT2D eigenvalue weighted by atomic mass is 32.2. The summed E-state index contributed by atoms with van der Waals surface area (Å²) in [5.74, 6) is 0. The number of hydrogen-bond donors (Lipinski definition) is 1. The molecule has 0 aliphatic heterocycles. The summed E-state index contributed by atoms with van der Waals surface area (Å²) in [5, 5.41) is 9.17. The van der Waals surface area contributed by atoms with Gasteiger partial charge in [0.1, 0.15) is 0 Å². The molecule has 0 spiro atoms. The van der Waals surface area contributed by atoms with Crippen LogP contribution in [0.2, 0.25) is 0 Å². The molecule has 0 radical (unpaired) electrons. The van der Waals surface area contributed by atoms with Crippen LogP contribution >= 0.6 is 0 Å². The van der Waals surface area contributed by atoms with Crippen LogP contribution in [-0.4, -0.2) is 24.9 Å². The van der Waals surface area contributed by atoms with Gasteiger partial charge in [0.25, 0.3) is 0 Å². The van der Waals surface area contributed by atoms with E-state index in [4.69, 9.17) is 0 Å². The summed E-state index contributed by atoms with van der Waals surface area (Å²) in [4.78, 5) is 0.312. The van der Waals surface area contributed by atoms with Gasteiger partial charge in [0, 0.05) is 0 Å². The minimum absolute atomic E-state index is 0.312. The third-order valence-corrected chi connectivity index (χ3v) is 5.34. The van der Waals surface area contributed by atoms with Gasteiger partial charge >= 0.3 is 0 Å². The Morgan fingerprint density at radius 1 is 1.25 bits per heavy atom. The number of aliphatic hydroxyl groups excluding tert-OH is 1. The molecule has 4 heteroatoms. The minimum atomic E-state index is -3.49. The molecule has 0 saturated heterocycles. The molecular formula is C12H18O3S. The Kier molecular flexibility index (Phi) is 3.45. The average molecular weight is 242 g/mol. The van der Waals surface area contributed by atoms with Crippen LogP contribution in [0.3, 0.4) is 0 Å². The summed E-state index contributed by atoms with van der Waals surface area (Å²) >= 11 is 0. The van der Waals surface area contributed by atoms with E-state index in [-0.39, 0.29) is 6.61 Å². The molecule has 0 bridgehead atoms. The zero-order valence-electron chi connectivity index (χ0n) is 10.1. The lowest BCUT2D eigenvalue weighted by Gasteiger charge is -2.23. The van der Waals surface area contributed by atoms with Crippen molar-refractivity contribution in [3.63, 3.8) is 0 Å². The molecule has 1 rings (SSSR count). The Hall–Kier alpha value is -0.870. The maximum atomic E-state index is 12.3. The highest BCUT2D eigenvalue weighted by Gasteiger charge is 2.36. The number of hydrogen-bond acceptors (Lipinski definition) is 3. The van der Waals surface area contributed by atoms with Gasteiger partial charge in [-0.2, -0.15) is 0 Å². The molecule has 0 fully saturated rings. The quantitative estimate of drug-likeness (QED) is 0.880. The van der Waals surface area contributed by atoms with E-state index >= 15 is 0 Å². The molecule has 1 aromatic rings. The van der Waals surface area contributed by atoms with Gasteiger partial charge in [-0.1, -0.05) is 12.1 Å². The van der Waals surface area contributed by atoms with E-state index in [1.54, 1.807) is 19.1 Å². The van der Waals surface area contributed by atoms with Crippen LogP contribution in [0.4, 0.5) is 0 Å². The van der Waals surface area contributed by atoms with Crippen LogP contribution in [0.25, 0.3) is 0 Å². The zero-order valence-corrected chi connectivity index (χ0v) is 10.9. The largest absolute Gasteiger partial charge is 0.395 e. The first-order valence-corrected chi connectivity index (χ1v) is 6.63. The van der Waals surface area contributed by atoms with E-state index in [0.29, 0.717) is 10.5 Å². The van der Waals surface area contributed by atoms with E-state index in [9.17, 15) is 13.5 Å². The van der Waals surface area contributed by atoms with Crippen molar-refractivity contribution < 1.29 is 13.5 Å². The van der Waals surface area contributed by atoms with Crippen LogP contribution in [0.1, 0.15) is 25.0 Å². The van der Waals surface area contributed by atoms with Crippen molar-refractivity contribution in [3.05, 3.63) is 29.3 Å². The van der Waals surface area contributed by atoms with Gasteiger partial charge in [-0.05, 0) is 44.9 Å². The first-order chi connectivity index (χ1) is 7.22. The maximum absolute atomic E-state index is 12.3. The second-order valence-electron chi connectivity index (χ2n) is 4.69. The smallest absolute Gasteiger partial charge is 0.186 e. The molecule has 0 aliphatic carbocycles. The number of aryl methyl sites for hydroxylation is 2. The van der Waals surface area contributed by atoms with Crippen molar-refractivity contribution in [1.82, 2.24) is 0 Å². The first kappa shape index (κ1) is 13.2. The molecule has 0 saturated carbocycles. The fourth-order valence-corrected chi connectivity index (χ4v) is 2.98. The number of benzene rings is 1. The fraction of sp³-hybridized carbons (Fsp3) is 0.500. The fourth-order valence-electron chi connectivity index (χ4n) is 1.38. The van der Waals surface area contributed by atoms with Crippen LogP contribution in [-0.2, 0) is 9.84 Å². The molecular weight excluding hydrogens is 224 g/mol. The van der Waals surface area contributed by atoms with E-state index in [0.717, 1.165) is 5.56 Å². The van der Waals surface area contributed by atoms with Crippen molar-refractivity contribution in [3.8, 4) is 0 Å². The SMILES string of the molecule is Cc1ccc(C)c(S(=O)(=O)C(C)(C)CO)c1. The Labute approximate surface area is 97.0 Å². The van der Waals surface area contributed by atoms with Crippen LogP contribution < -0.4 is 0 Å². The molecule has 1 aromatic carbocycles. The second-order valence-corrected chi connectivity index (χ2v) is 7.24. The maximum Gasteiger partial charge on any atom is 0.186 e. The Morgan fingerprint density at radius 2 is 1.81 bits per heavy atom. The summed E-state index contributed by atoms with van der Waals surface area (Å²) < 4.78 is 23.4. The van der Waals surface area contributed by atoms with Gasteiger partial charge in [-0.15, -0.1) is 0 Å². The summed E-state index contributed by atoms with van der Waals surface area (Å²) in [5.41, 5.74) is 1.62. The summed E-state index contributed by atoms with van der Waals surface area (Å²) in [6.07, 6.45) is 0. The molecule has 16 heavy (non-hydrogen) atoms. The van der Waals surface area contributed by atoms with Crippen molar-refractivity contribution >= 4 is 9.84 Å². The topological polar surface area (TPSA) is 54.4 Å². The lowest BCUT2D eigenvalue weighted by molar-refractivity contribution is 0.258. The highest BCUT2D eigenvalue weighted by Crippen LogP contribution is 2.27. The minimum Gasteiger partial charge on any atom is -0.395 e. The van der Waals surface area contributed by atoms with E-state index in [1.165, 1.54) is 13.8 Å². The predicted octanol–water partition coefficient (Wildman–Crippen LogP) is 1.85. The monoisotopic (exact) mass is 242 g/mol. The summed E-state index contributed by atoms with van der Waals surface area (Å²) in [6, 6.07) is 5.32. The highest BCUT2D eigenvalue weighted by molar-refractivity contribution is 7.92. The van der Waals surface area contributed by atoms with Gasteiger partial charge in [0.15, 0.2) is 9.84 Å². The third-order valence-electron chi connectivity index (χ3n) is 2.74. The lowest BCUT2D eigenvalue weighted by atomic mass is 10.2. The van der Waals surface area contributed by atoms with Crippen LogP contribution in [0, 0.1) is 13.8 Å². The van der Waals surface area contributed by atoms with Gasteiger partial charge in [-0.3, -0.25) is 0 Å². The standard InChI is InChI=1S/C12H18O3S/c1-9-5-6-10(2)11(7-9)16(14,15)12(3,4)8-13/h5-7,13H,8H2,1-4H3. The summed E-state index contributed by atoms with van der Waals surface area (Å²) in [7, 11) is -3.49. The van der Waals surface area contributed by atoms with Gasteiger partial charge in [-0.25, -0.2) is 8.42 Å². The molecule has 0 unspecified atom stereocenters. The zero-order chi connectivity index (χ0) is 12.6. The third kappa shape index (κ3) is 2.13. The average Bonchev–Trinajstić information content (AvgIpc) is 2.21. The Morgan fingerprint density at radius 3 is 2.31 bits per heavy atom. The predicted molar refractivity (Wildman–Crippen MR) is 64.3 cm³/mol. The molecule has 90 valence electrons. The number of sulfone groups is 1. The van der Waals surface area contributed by atoms with Gasteiger partial charge in [0.2, 0.25) is 0 Å². The molecule has 1 N–H and O–H groups in total. The van der Waals surface area contributed by atoms with E-state index in [2.05, 4.69) is 0 Å². The molecule has 3 nitrogen and oxygen atoms in total. The Bertz CT molecular complexity index is 487. The van der Waals surface area contributed by atoms with E-state index < -0.39 is 14.6 Å². The number of rotatable bonds is 3. The summed E-state index contributed by atoms with van der Waals surface area (Å²) in [6.45, 7) is 6.29. The second kappa shape index (κ2) is 4.18. The Balaban J connectivity index is 3.44. The van der Waals surface area contributed by atoms with Gasteiger partial charge in [0.05, 0.1) is 16.2 Å². The van der Waals surface area contributed by atoms with Crippen molar-refractivity contribution in [1.29, 1.82) is 0 Å². The molecule has 0 aromatic heterocycles. The molecule has 0 heterocycles.